The van der Waals surface area contributed by atoms with Crippen molar-refractivity contribution in [3.63, 3.8) is 0 Å². The van der Waals surface area contributed by atoms with Gasteiger partial charge in [-0.05, 0) is 48.5 Å². The number of aryl methyl sites for hydroxylation is 1. The molecule has 0 fully saturated rings. The van der Waals surface area contributed by atoms with Gasteiger partial charge in [-0.15, -0.1) is 11.3 Å². The van der Waals surface area contributed by atoms with Crippen molar-refractivity contribution in [1.82, 2.24) is 10.3 Å². The molecule has 1 N–H and O–H groups in total. The zero-order valence-corrected chi connectivity index (χ0v) is 10.8. The van der Waals surface area contributed by atoms with Crippen LogP contribution in [0, 0.1) is 0 Å². The third-order valence-electron chi connectivity index (χ3n) is 3.39. The summed E-state index contributed by atoms with van der Waals surface area (Å²) < 4.78 is 0. The molecule has 0 saturated carbocycles. The lowest BCUT2D eigenvalue weighted by molar-refractivity contribution is 0.771. The van der Waals surface area contributed by atoms with Gasteiger partial charge in [0, 0.05) is 23.5 Å². The van der Waals surface area contributed by atoms with Gasteiger partial charge in [-0.1, -0.05) is 6.07 Å². The molecule has 0 aliphatic heterocycles. The Kier molecular flexibility index (Phi) is 2.95. The summed E-state index contributed by atoms with van der Waals surface area (Å²) in [6, 6.07) is 6.58. The number of nitrogens with one attached hydrogen (secondary N) is 1. The van der Waals surface area contributed by atoms with Gasteiger partial charge in [0.2, 0.25) is 0 Å². The largest absolute Gasteiger partial charge is 0.315 e. The fourth-order valence-electron chi connectivity index (χ4n) is 2.58. The Bertz CT molecular complexity index is 518. The minimum atomic E-state index is 0.521. The smallest absolute Gasteiger partial charge is 0.0510 e. The van der Waals surface area contributed by atoms with Crippen LogP contribution in [0.4, 0.5) is 0 Å². The van der Waals surface area contributed by atoms with Crippen LogP contribution in [0.2, 0.25) is 0 Å². The van der Waals surface area contributed by atoms with E-state index < -0.39 is 0 Å². The van der Waals surface area contributed by atoms with Crippen molar-refractivity contribution >= 4 is 11.3 Å². The first kappa shape index (κ1) is 10.9. The predicted octanol–water partition coefficient (Wildman–Crippen LogP) is 2.94. The fraction of sp³-hybridized carbons (Fsp3) is 0.357. The fourth-order valence-corrected chi connectivity index (χ4v) is 3.54. The molecule has 0 spiro atoms. The van der Waals surface area contributed by atoms with Crippen LogP contribution in [0.15, 0.2) is 29.8 Å². The van der Waals surface area contributed by atoms with E-state index in [1.54, 1.807) is 0 Å². The third-order valence-corrected chi connectivity index (χ3v) is 4.34. The lowest BCUT2D eigenvalue weighted by Gasteiger charge is -2.07. The first-order chi connectivity index (χ1) is 8.38. The second kappa shape index (κ2) is 4.59. The summed E-state index contributed by atoms with van der Waals surface area (Å²) in [5.74, 6) is 0.521. The van der Waals surface area contributed by atoms with E-state index in [1.165, 1.54) is 34.5 Å². The third kappa shape index (κ3) is 2.01. The van der Waals surface area contributed by atoms with E-state index in [1.807, 2.05) is 30.6 Å². The van der Waals surface area contributed by atoms with Gasteiger partial charge in [-0.2, -0.15) is 0 Å². The van der Waals surface area contributed by atoms with Gasteiger partial charge in [0.15, 0.2) is 0 Å². The van der Waals surface area contributed by atoms with E-state index in [9.17, 15) is 0 Å². The van der Waals surface area contributed by atoms with E-state index >= 15 is 0 Å². The van der Waals surface area contributed by atoms with Gasteiger partial charge in [0.1, 0.15) is 0 Å². The first-order valence-corrected chi connectivity index (χ1v) is 6.92. The second-order valence-corrected chi connectivity index (χ2v) is 5.51. The molecule has 88 valence electrons. The standard InChI is InChI=1S/C14H16N2S/c1-15-8-12-7-11(9-17-12)13-5-4-10-3-2-6-16-14(10)13/h2-3,6-7,9,13,15H,4-5,8H2,1H3. The maximum Gasteiger partial charge on any atom is 0.0510 e. The summed E-state index contributed by atoms with van der Waals surface area (Å²) in [7, 11) is 1.99. The summed E-state index contributed by atoms with van der Waals surface area (Å²) >= 11 is 1.85. The molecule has 0 radical (unpaired) electrons. The first-order valence-electron chi connectivity index (χ1n) is 6.04. The second-order valence-electron chi connectivity index (χ2n) is 4.52. The van der Waals surface area contributed by atoms with Crippen molar-refractivity contribution in [2.45, 2.75) is 25.3 Å². The number of nitrogens with zero attached hydrogens (tertiary/aromatic N) is 1. The summed E-state index contributed by atoms with van der Waals surface area (Å²) in [4.78, 5) is 5.97. The summed E-state index contributed by atoms with van der Waals surface area (Å²) in [5.41, 5.74) is 4.16. The lowest BCUT2D eigenvalue weighted by atomic mass is 9.99. The van der Waals surface area contributed by atoms with Crippen molar-refractivity contribution in [1.29, 1.82) is 0 Å². The molecule has 2 aromatic rings. The predicted molar refractivity (Wildman–Crippen MR) is 71.5 cm³/mol. The van der Waals surface area contributed by atoms with Crippen LogP contribution in [0.1, 0.15) is 34.0 Å². The van der Waals surface area contributed by atoms with Crippen LogP contribution >= 0.6 is 11.3 Å². The van der Waals surface area contributed by atoms with E-state index in [0.717, 1.165) is 6.54 Å². The average Bonchev–Trinajstić information content (AvgIpc) is 2.95. The molecule has 0 saturated heterocycles. The minimum Gasteiger partial charge on any atom is -0.315 e. The highest BCUT2D eigenvalue weighted by Crippen LogP contribution is 2.38. The Morgan fingerprint density at radius 1 is 1.53 bits per heavy atom. The lowest BCUT2D eigenvalue weighted by Crippen LogP contribution is -2.03. The number of aromatic nitrogens is 1. The van der Waals surface area contributed by atoms with Gasteiger partial charge in [-0.3, -0.25) is 4.98 Å². The molecule has 2 nitrogen and oxygen atoms in total. The van der Waals surface area contributed by atoms with Crippen LogP contribution < -0.4 is 5.32 Å². The Balaban J connectivity index is 1.90. The SMILES string of the molecule is CNCc1cc(C2CCc3cccnc32)cs1. The number of rotatable bonds is 3. The monoisotopic (exact) mass is 244 g/mol. The van der Waals surface area contributed by atoms with Crippen molar-refractivity contribution in [3.8, 4) is 0 Å². The number of fused-ring (bicyclic) bond motifs is 1. The normalized spacial score (nSPS) is 18.3. The highest BCUT2D eigenvalue weighted by Gasteiger charge is 2.25. The molecule has 1 aliphatic rings. The molecular formula is C14H16N2S. The van der Waals surface area contributed by atoms with E-state index in [2.05, 4.69) is 27.8 Å². The highest BCUT2D eigenvalue weighted by atomic mass is 32.1. The zero-order valence-electron chi connectivity index (χ0n) is 9.94. The number of pyridine rings is 1. The Morgan fingerprint density at radius 3 is 3.35 bits per heavy atom. The minimum absolute atomic E-state index is 0.521. The van der Waals surface area contributed by atoms with Crippen LogP contribution in [-0.4, -0.2) is 12.0 Å². The summed E-state index contributed by atoms with van der Waals surface area (Å²) in [5, 5.41) is 5.49. The molecule has 0 aromatic carbocycles. The maximum atomic E-state index is 4.56. The summed E-state index contributed by atoms with van der Waals surface area (Å²) in [6.45, 7) is 0.965. The Morgan fingerprint density at radius 2 is 2.47 bits per heavy atom. The van der Waals surface area contributed by atoms with Crippen LogP contribution in [0.25, 0.3) is 0 Å². The number of hydrogen-bond donors (Lipinski definition) is 1. The molecule has 2 heterocycles. The van der Waals surface area contributed by atoms with Gasteiger partial charge >= 0.3 is 0 Å². The van der Waals surface area contributed by atoms with Crippen molar-refractivity contribution in [2.24, 2.45) is 0 Å². The van der Waals surface area contributed by atoms with Crippen molar-refractivity contribution in [3.05, 3.63) is 51.5 Å². The van der Waals surface area contributed by atoms with E-state index in [-0.39, 0.29) is 0 Å². The van der Waals surface area contributed by atoms with Gasteiger partial charge in [0.25, 0.3) is 0 Å². The molecule has 1 aliphatic carbocycles. The van der Waals surface area contributed by atoms with Crippen molar-refractivity contribution < 1.29 is 0 Å². The topological polar surface area (TPSA) is 24.9 Å². The molecule has 1 atom stereocenters. The molecular weight excluding hydrogens is 228 g/mol. The van der Waals surface area contributed by atoms with Crippen LogP contribution in [0.3, 0.4) is 0 Å². The van der Waals surface area contributed by atoms with Crippen LogP contribution in [0.5, 0.6) is 0 Å². The van der Waals surface area contributed by atoms with Crippen molar-refractivity contribution in [2.75, 3.05) is 7.05 Å². The van der Waals surface area contributed by atoms with Gasteiger partial charge in [0.05, 0.1) is 5.69 Å². The Labute approximate surface area is 106 Å². The number of thiophene rings is 1. The van der Waals surface area contributed by atoms with E-state index in [4.69, 9.17) is 0 Å². The average molecular weight is 244 g/mol. The molecule has 2 aromatic heterocycles. The molecule has 3 heteroatoms. The maximum absolute atomic E-state index is 4.56. The van der Waals surface area contributed by atoms with E-state index in [0.29, 0.717) is 5.92 Å². The molecule has 1 unspecified atom stereocenters. The van der Waals surface area contributed by atoms with Gasteiger partial charge < -0.3 is 5.32 Å². The Hall–Kier alpha value is -1.19. The quantitative estimate of drug-likeness (QED) is 0.898. The summed E-state index contributed by atoms with van der Waals surface area (Å²) in [6.07, 6.45) is 4.30. The highest BCUT2D eigenvalue weighted by molar-refractivity contribution is 7.10. The molecule has 17 heavy (non-hydrogen) atoms. The van der Waals surface area contributed by atoms with Crippen LogP contribution in [-0.2, 0) is 13.0 Å². The molecule has 0 amide bonds. The molecule has 3 rings (SSSR count). The number of hydrogen-bond acceptors (Lipinski definition) is 3. The molecule has 0 bridgehead atoms. The zero-order chi connectivity index (χ0) is 11.7. The van der Waals surface area contributed by atoms with Gasteiger partial charge in [-0.25, -0.2) is 0 Å².